The van der Waals surface area contributed by atoms with Crippen molar-refractivity contribution in [3.8, 4) is 11.1 Å². The monoisotopic (exact) mass is 795 g/mol. The SMILES string of the molecule is CC(C)CCCC(C)C1CCC2C3CC=C4CC(OCC(=O)NCCCCC(NC(=O)OCC5c6ccccc6-c6ccccc65)C(=O)O)CCC4(C)C3CCC12C. The van der Waals surface area contributed by atoms with E-state index in [1.54, 1.807) is 5.57 Å². The molecule has 0 heterocycles. The summed E-state index contributed by atoms with van der Waals surface area (Å²) in [7, 11) is 0. The first-order chi connectivity index (χ1) is 27.9. The normalized spacial score (nSPS) is 29.6. The second-order valence-corrected chi connectivity index (χ2v) is 19.7. The maximum atomic E-state index is 12.8. The average Bonchev–Trinajstić information content (AvgIpc) is 3.73. The van der Waals surface area contributed by atoms with Crippen LogP contribution in [0.15, 0.2) is 60.2 Å². The van der Waals surface area contributed by atoms with Crippen LogP contribution in [0.5, 0.6) is 0 Å². The van der Waals surface area contributed by atoms with Crippen LogP contribution in [0, 0.1) is 46.3 Å². The standard InChI is InChI=1S/C50H70N2O6/c1-32(2)13-12-14-33(3)42-22-23-43-40-21-20-34-29-35(24-26-49(34,4)44(40)25-27-50(42,43)5)57-31-46(53)51-28-11-10-19-45(47(54)55)52-48(56)58-30-41-38-17-8-6-15-36(38)37-16-7-9-18-39(37)41/h6-9,15-18,20,32-33,35,40-45H,10-14,19,21-31H2,1-5H3,(H,51,53)(H,52,56)(H,54,55). The highest BCUT2D eigenvalue weighted by atomic mass is 16.5. The average molecular weight is 795 g/mol. The highest BCUT2D eigenvalue weighted by Gasteiger charge is 2.59. The van der Waals surface area contributed by atoms with Gasteiger partial charge in [0.1, 0.15) is 19.3 Å². The van der Waals surface area contributed by atoms with Gasteiger partial charge in [-0.3, -0.25) is 4.79 Å². The van der Waals surface area contributed by atoms with Gasteiger partial charge >= 0.3 is 12.1 Å². The minimum absolute atomic E-state index is 0.0407. The van der Waals surface area contributed by atoms with E-state index in [1.807, 2.05) is 36.4 Å². The molecule has 2 amide bonds. The zero-order valence-electron chi connectivity index (χ0n) is 35.9. The topological polar surface area (TPSA) is 114 Å². The smallest absolute Gasteiger partial charge is 0.407 e. The summed E-state index contributed by atoms with van der Waals surface area (Å²) in [5, 5.41) is 15.3. The molecule has 316 valence electrons. The molecule has 0 aliphatic heterocycles. The van der Waals surface area contributed by atoms with E-state index in [0.717, 1.165) is 77.0 Å². The molecule has 9 unspecified atom stereocenters. The third kappa shape index (κ3) is 8.93. The molecular formula is C50H70N2O6. The molecular weight excluding hydrogens is 725 g/mol. The van der Waals surface area contributed by atoms with Gasteiger partial charge < -0.3 is 25.2 Å². The number of benzene rings is 2. The molecule has 0 aromatic heterocycles. The van der Waals surface area contributed by atoms with Crippen molar-refractivity contribution in [2.24, 2.45) is 46.3 Å². The van der Waals surface area contributed by atoms with Crippen LogP contribution in [0.4, 0.5) is 4.79 Å². The van der Waals surface area contributed by atoms with Gasteiger partial charge in [0.15, 0.2) is 0 Å². The highest BCUT2D eigenvalue weighted by molar-refractivity contribution is 5.81. The molecule has 7 rings (SSSR count). The first kappa shape index (κ1) is 42.5. The number of carboxylic acids is 1. The number of ether oxygens (including phenoxy) is 2. The number of allylic oxidation sites excluding steroid dienone is 1. The number of hydrogen-bond acceptors (Lipinski definition) is 5. The number of nitrogens with one attached hydrogen (secondary N) is 2. The third-order valence-electron chi connectivity index (χ3n) is 15.9. The van der Waals surface area contributed by atoms with Crippen LogP contribution < -0.4 is 10.6 Å². The number of unbranched alkanes of at least 4 members (excludes halogenated alkanes) is 1. The number of rotatable bonds is 17. The molecule has 3 fully saturated rings. The minimum Gasteiger partial charge on any atom is -0.480 e. The molecule has 0 spiro atoms. The molecule has 0 radical (unpaired) electrons. The van der Waals surface area contributed by atoms with Crippen molar-refractivity contribution in [3.63, 3.8) is 0 Å². The van der Waals surface area contributed by atoms with E-state index >= 15 is 0 Å². The highest BCUT2D eigenvalue weighted by Crippen LogP contribution is 2.67. The summed E-state index contributed by atoms with van der Waals surface area (Å²) in [6.45, 7) is 13.1. The van der Waals surface area contributed by atoms with Crippen LogP contribution in [0.1, 0.15) is 142 Å². The number of carbonyl (C=O) groups is 3. The molecule has 3 saturated carbocycles. The molecule has 5 aliphatic carbocycles. The Bertz CT molecular complexity index is 1760. The van der Waals surface area contributed by atoms with E-state index in [4.69, 9.17) is 9.47 Å². The Labute approximate surface area is 347 Å². The van der Waals surface area contributed by atoms with Gasteiger partial charge in [-0.1, -0.05) is 114 Å². The minimum atomic E-state index is -1.11. The van der Waals surface area contributed by atoms with Gasteiger partial charge in [-0.2, -0.15) is 0 Å². The summed E-state index contributed by atoms with van der Waals surface area (Å²) in [5.41, 5.74) is 6.78. The number of fused-ring (bicyclic) bond motifs is 8. The van der Waals surface area contributed by atoms with Crippen molar-refractivity contribution in [2.75, 3.05) is 19.8 Å². The van der Waals surface area contributed by atoms with E-state index in [2.05, 4.69) is 63.5 Å². The van der Waals surface area contributed by atoms with Crippen molar-refractivity contribution in [3.05, 3.63) is 71.3 Å². The number of carboxylic acid groups (broad SMARTS) is 1. The lowest BCUT2D eigenvalue weighted by Crippen LogP contribution is -2.51. The lowest BCUT2D eigenvalue weighted by Gasteiger charge is -2.58. The molecule has 5 aliphatic rings. The molecule has 2 aromatic rings. The van der Waals surface area contributed by atoms with Crippen molar-refractivity contribution in [2.45, 2.75) is 143 Å². The van der Waals surface area contributed by atoms with Crippen molar-refractivity contribution in [1.29, 1.82) is 0 Å². The van der Waals surface area contributed by atoms with Crippen LogP contribution >= 0.6 is 0 Å². The second-order valence-electron chi connectivity index (χ2n) is 19.7. The Morgan fingerprint density at radius 2 is 1.57 bits per heavy atom. The van der Waals surface area contributed by atoms with Gasteiger partial charge in [0, 0.05) is 12.5 Å². The fourth-order valence-electron chi connectivity index (χ4n) is 12.8. The first-order valence-electron chi connectivity index (χ1n) is 22.8. The van der Waals surface area contributed by atoms with Crippen molar-refractivity contribution in [1.82, 2.24) is 10.6 Å². The zero-order valence-corrected chi connectivity index (χ0v) is 35.9. The molecule has 2 aromatic carbocycles. The van der Waals surface area contributed by atoms with Crippen LogP contribution in [-0.2, 0) is 19.1 Å². The first-order valence-corrected chi connectivity index (χ1v) is 22.8. The van der Waals surface area contributed by atoms with E-state index < -0.39 is 18.1 Å². The Kier molecular flexibility index (Phi) is 13.4. The largest absolute Gasteiger partial charge is 0.480 e. The molecule has 8 nitrogen and oxygen atoms in total. The van der Waals surface area contributed by atoms with Crippen LogP contribution in [0.2, 0.25) is 0 Å². The summed E-state index contributed by atoms with van der Waals surface area (Å²) in [6.07, 6.45) is 17.2. The number of alkyl carbamates (subject to hydrolysis) is 1. The number of aliphatic carboxylic acids is 1. The van der Waals surface area contributed by atoms with Gasteiger partial charge in [-0.15, -0.1) is 0 Å². The summed E-state index contributed by atoms with van der Waals surface area (Å²) in [5.74, 6) is 3.58. The van der Waals surface area contributed by atoms with Crippen molar-refractivity contribution >= 4 is 18.0 Å². The van der Waals surface area contributed by atoms with Gasteiger partial charge in [0.2, 0.25) is 5.91 Å². The quantitative estimate of drug-likeness (QED) is 0.109. The van der Waals surface area contributed by atoms with E-state index in [0.29, 0.717) is 24.8 Å². The second kappa shape index (κ2) is 18.3. The summed E-state index contributed by atoms with van der Waals surface area (Å²) in [4.78, 5) is 37.5. The lowest BCUT2D eigenvalue weighted by molar-refractivity contribution is -0.139. The Hall–Kier alpha value is -3.65. The van der Waals surface area contributed by atoms with Gasteiger partial charge in [-0.25, -0.2) is 9.59 Å². The van der Waals surface area contributed by atoms with Gasteiger partial charge in [0.05, 0.1) is 6.10 Å². The Morgan fingerprint density at radius 1 is 0.845 bits per heavy atom. The van der Waals surface area contributed by atoms with Crippen molar-refractivity contribution < 1.29 is 29.0 Å². The van der Waals surface area contributed by atoms with Gasteiger partial charge in [0.25, 0.3) is 0 Å². The number of carbonyl (C=O) groups excluding carboxylic acids is 2. The predicted molar refractivity (Wildman–Crippen MR) is 229 cm³/mol. The molecule has 3 N–H and O–H groups in total. The van der Waals surface area contributed by atoms with Crippen LogP contribution in [-0.4, -0.2) is 55.0 Å². The maximum absolute atomic E-state index is 12.8. The fourth-order valence-corrected chi connectivity index (χ4v) is 12.8. The predicted octanol–water partition coefficient (Wildman–Crippen LogP) is 10.7. The fraction of sp³-hybridized carbons (Fsp3) is 0.660. The maximum Gasteiger partial charge on any atom is 0.407 e. The molecule has 0 saturated heterocycles. The summed E-state index contributed by atoms with van der Waals surface area (Å²) < 4.78 is 11.8. The molecule has 0 bridgehead atoms. The number of amides is 2. The zero-order chi connectivity index (χ0) is 41.0. The van der Waals surface area contributed by atoms with Crippen LogP contribution in [0.25, 0.3) is 11.1 Å². The lowest BCUT2D eigenvalue weighted by atomic mass is 9.47. The van der Waals surface area contributed by atoms with E-state index in [-0.39, 0.29) is 43.0 Å². The molecule has 8 heteroatoms. The van der Waals surface area contributed by atoms with E-state index in [1.165, 1.54) is 51.4 Å². The van der Waals surface area contributed by atoms with Gasteiger partial charge in [-0.05, 0) is 139 Å². The Morgan fingerprint density at radius 3 is 2.28 bits per heavy atom. The van der Waals surface area contributed by atoms with E-state index in [9.17, 15) is 19.5 Å². The Balaban J connectivity index is 0.805. The summed E-state index contributed by atoms with van der Waals surface area (Å²) >= 11 is 0. The third-order valence-corrected chi connectivity index (χ3v) is 15.9. The number of hydrogen-bond donors (Lipinski definition) is 3. The molecule has 9 atom stereocenters. The summed E-state index contributed by atoms with van der Waals surface area (Å²) in [6, 6.07) is 15.1. The van der Waals surface area contributed by atoms with Crippen LogP contribution in [0.3, 0.4) is 0 Å². The molecule has 58 heavy (non-hydrogen) atoms.